The van der Waals surface area contributed by atoms with Gasteiger partial charge in [-0.2, -0.15) is 0 Å². The Hall–Kier alpha value is -0.610. The van der Waals surface area contributed by atoms with Gasteiger partial charge in [0.25, 0.3) is 0 Å². The van der Waals surface area contributed by atoms with Crippen molar-refractivity contribution in [2.45, 2.75) is 38.3 Å². The molecule has 2 unspecified atom stereocenters. The summed E-state index contributed by atoms with van der Waals surface area (Å²) in [5.41, 5.74) is 5.43. The lowest BCUT2D eigenvalue weighted by Crippen LogP contribution is -2.18. The van der Waals surface area contributed by atoms with Crippen LogP contribution in [0.15, 0.2) is 16.5 Å². The van der Waals surface area contributed by atoms with Gasteiger partial charge < -0.3 is 10.2 Å². The molecule has 4 heteroatoms. The number of furan rings is 1. The summed E-state index contributed by atoms with van der Waals surface area (Å²) in [4.78, 5) is 0. The van der Waals surface area contributed by atoms with Crippen molar-refractivity contribution in [2.24, 2.45) is 11.7 Å². The third-order valence-electron chi connectivity index (χ3n) is 2.56. The van der Waals surface area contributed by atoms with Crippen LogP contribution in [-0.4, -0.2) is 9.46 Å². The van der Waals surface area contributed by atoms with Crippen molar-refractivity contribution in [1.29, 1.82) is 0 Å². The second-order valence-electron chi connectivity index (χ2n) is 4.05. The molecule has 0 aliphatic carbocycles. The molecule has 15 heavy (non-hydrogen) atoms. The van der Waals surface area contributed by atoms with Gasteiger partial charge in [-0.15, -0.1) is 0 Å². The zero-order chi connectivity index (χ0) is 11.4. The smallest absolute Gasteiger partial charge is 0.117 e. The lowest BCUT2D eigenvalue weighted by molar-refractivity contribution is 0.479. The Morgan fingerprint density at radius 2 is 1.93 bits per heavy atom. The van der Waals surface area contributed by atoms with Gasteiger partial charge in [0, 0.05) is 16.0 Å². The molecule has 1 heterocycles. The molecule has 2 atom stereocenters. The third kappa shape index (κ3) is 3.47. The van der Waals surface area contributed by atoms with Crippen molar-refractivity contribution >= 4 is 10.8 Å². The van der Waals surface area contributed by atoms with Crippen molar-refractivity contribution < 1.29 is 8.63 Å². The van der Waals surface area contributed by atoms with Gasteiger partial charge in [0.15, 0.2) is 0 Å². The van der Waals surface area contributed by atoms with Gasteiger partial charge >= 0.3 is 0 Å². The second-order valence-corrected chi connectivity index (χ2v) is 5.84. The predicted octanol–water partition coefficient (Wildman–Crippen LogP) is 2.03. The minimum atomic E-state index is -0.869. The van der Waals surface area contributed by atoms with E-state index in [4.69, 9.17) is 10.2 Å². The van der Waals surface area contributed by atoms with E-state index in [1.54, 1.807) is 0 Å². The maximum absolute atomic E-state index is 11.9. The zero-order valence-corrected chi connectivity index (χ0v) is 10.3. The zero-order valence-electron chi connectivity index (χ0n) is 9.53. The summed E-state index contributed by atoms with van der Waals surface area (Å²) in [5, 5.41) is 0.191. The summed E-state index contributed by atoms with van der Waals surface area (Å²) in [6.07, 6.45) is 0. The summed E-state index contributed by atoms with van der Waals surface area (Å²) in [6.45, 7) is 6.56. The molecule has 2 N–H and O–H groups in total. The van der Waals surface area contributed by atoms with Crippen LogP contribution >= 0.6 is 0 Å². The Balaban J connectivity index is 2.58. The molecule has 1 aromatic rings. The SMILES string of the molecule is CC(C)C(C)S(=O)Cc1ccc(CN)o1. The lowest BCUT2D eigenvalue weighted by atomic mass is 10.2. The number of nitrogens with two attached hydrogens (primary N) is 1. The number of rotatable bonds is 5. The first-order valence-electron chi connectivity index (χ1n) is 5.19. The monoisotopic (exact) mass is 229 g/mol. The molecule has 0 bridgehead atoms. The van der Waals surface area contributed by atoms with Crippen molar-refractivity contribution in [3.63, 3.8) is 0 Å². The van der Waals surface area contributed by atoms with Crippen LogP contribution in [0, 0.1) is 5.92 Å². The van der Waals surface area contributed by atoms with Crippen LogP contribution in [0.2, 0.25) is 0 Å². The van der Waals surface area contributed by atoms with Crippen LogP contribution in [0.4, 0.5) is 0 Å². The summed E-state index contributed by atoms with van der Waals surface area (Å²) >= 11 is 0. The molecule has 0 amide bonds. The highest BCUT2D eigenvalue weighted by molar-refractivity contribution is 7.84. The molecule has 1 aromatic heterocycles. The molecule has 0 radical (unpaired) electrons. The third-order valence-corrected chi connectivity index (χ3v) is 4.50. The maximum Gasteiger partial charge on any atom is 0.117 e. The van der Waals surface area contributed by atoms with E-state index in [2.05, 4.69) is 13.8 Å². The Morgan fingerprint density at radius 1 is 1.33 bits per heavy atom. The molecule has 1 rings (SSSR count). The van der Waals surface area contributed by atoms with E-state index >= 15 is 0 Å². The molecule has 0 aromatic carbocycles. The van der Waals surface area contributed by atoms with Gasteiger partial charge in [-0.05, 0) is 18.1 Å². The minimum absolute atomic E-state index is 0.191. The Morgan fingerprint density at radius 3 is 2.40 bits per heavy atom. The summed E-state index contributed by atoms with van der Waals surface area (Å²) in [5.74, 6) is 2.43. The van der Waals surface area contributed by atoms with Crippen LogP contribution in [-0.2, 0) is 23.1 Å². The normalized spacial score (nSPS) is 15.5. The molecule has 3 nitrogen and oxygen atoms in total. The second kappa shape index (κ2) is 5.47. The molecule has 0 aliphatic rings. The van der Waals surface area contributed by atoms with Crippen LogP contribution in [0.5, 0.6) is 0 Å². The van der Waals surface area contributed by atoms with Gasteiger partial charge in [0.1, 0.15) is 11.5 Å². The Bertz CT molecular complexity index is 333. The largest absolute Gasteiger partial charge is 0.464 e. The predicted molar refractivity (Wildman–Crippen MR) is 62.7 cm³/mol. The minimum Gasteiger partial charge on any atom is -0.464 e. The fourth-order valence-corrected chi connectivity index (χ4v) is 2.49. The summed E-state index contributed by atoms with van der Waals surface area (Å²) in [7, 11) is -0.869. The van der Waals surface area contributed by atoms with Crippen molar-refractivity contribution in [3.05, 3.63) is 23.7 Å². The maximum atomic E-state index is 11.9. The molecule has 86 valence electrons. The average molecular weight is 229 g/mol. The van der Waals surface area contributed by atoms with E-state index < -0.39 is 10.8 Å². The average Bonchev–Trinajstić information content (AvgIpc) is 2.64. The Labute approximate surface area is 93.5 Å². The van der Waals surface area contributed by atoms with E-state index in [1.165, 1.54) is 0 Å². The highest BCUT2D eigenvalue weighted by atomic mass is 32.2. The molecule has 0 saturated carbocycles. The molecule has 0 fully saturated rings. The first-order chi connectivity index (χ1) is 7.04. The first kappa shape index (κ1) is 12.5. The van der Waals surface area contributed by atoms with Gasteiger partial charge in [-0.3, -0.25) is 4.21 Å². The van der Waals surface area contributed by atoms with Crippen LogP contribution in [0.25, 0.3) is 0 Å². The summed E-state index contributed by atoms with van der Waals surface area (Å²) < 4.78 is 17.3. The van der Waals surface area contributed by atoms with Crippen LogP contribution in [0.1, 0.15) is 32.3 Å². The van der Waals surface area contributed by atoms with Gasteiger partial charge in [0.2, 0.25) is 0 Å². The topological polar surface area (TPSA) is 56.2 Å². The first-order valence-corrected chi connectivity index (χ1v) is 6.57. The van der Waals surface area contributed by atoms with Gasteiger partial charge in [-0.25, -0.2) is 0 Å². The Kier molecular flexibility index (Phi) is 4.54. The van der Waals surface area contributed by atoms with Crippen molar-refractivity contribution in [2.75, 3.05) is 0 Å². The highest BCUT2D eigenvalue weighted by Gasteiger charge is 2.16. The van der Waals surface area contributed by atoms with Crippen LogP contribution < -0.4 is 5.73 Å². The molecule has 0 aliphatic heterocycles. The van der Waals surface area contributed by atoms with Crippen molar-refractivity contribution in [3.8, 4) is 0 Å². The fourth-order valence-electron chi connectivity index (χ4n) is 1.18. The number of hydrogen-bond acceptors (Lipinski definition) is 3. The molecular formula is C11H19NO2S. The van der Waals surface area contributed by atoms with E-state index in [1.807, 2.05) is 19.1 Å². The molecular weight excluding hydrogens is 210 g/mol. The number of hydrogen-bond donors (Lipinski definition) is 1. The highest BCUT2D eigenvalue weighted by Crippen LogP contribution is 2.15. The van der Waals surface area contributed by atoms with E-state index in [9.17, 15) is 4.21 Å². The standard InChI is InChI=1S/C11H19NO2S/c1-8(2)9(3)15(13)7-11-5-4-10(6-12)14-11/h4-5,8-9H,6-7,12H2,1-3H3. The summed E-state index contributed by atoms with van der Waals surface area (Å²) in [6, 6.07) is 3.69. The lowest BCUT2D eigenvalue weighted by Gasteiger charge is -2.13. The molecule has 0 saturated heterocycles. The van der Waals surface area contributed by atoms with E-state index in [-0.39, 0.29) is 5.25 Å². The van der Waals surface area contributed by atoms with Crippen molar-refractivity contribution in [1.82, 2.24) is 0 Å². The molecule has 0 spiro atoms. The van der Waals surface area contributed by atoms with E-state index in [0.29, 0.717) is 18.2 Å². The van der Waals surface area contributed by atoms with Gasteiger partial charge in [0.05, 0.1) is 12.3 Å². The van der Waals surface area contributed by atoms with E-state index in [0.717, 1.165) is 11.5 Å². The van der Waals surface area contributed by atoms with Crippen LogP contribution in [0.3, 0.4) is 0 Å². The fraction of sp³-hybridized carbons (Fsp3) is 0.636. The quantitative estimate of drug-likeness (QED) is 0.840. The van der Waals surface area contributed by atoms with Gasteiger partial charge in [-0.1, -0.05) is 20.8 Å².